The first-order valence-corrected chi connectivity index (χ1v) is 12.9. The second-order valence-electron chi connectivity index (χ2n) is 8.47. The zero-order valence-corrected chi connectivity index (χ0v) is 21.1. The molecule has 0 bridgehead atoms. The van der Waals surface area contributed by atoms with E-state index in [0.717, 1.165) is 51.7 Å². The normalized spacial score (nSPS) is 21.8. The highest BCUT2D eigenvalue weighted by atomic mass is 35.5. The molecule has 1 N–H and O–H groups in total. The maximum absolute atomic E-state index is 11.2. The Kier molecular flexibility index (Phi) is 9.51. The number of aliphatic hydroxyl groups excluding tert-OH is 1. The molecule has 2 saturated heterocycles. The number of pyridine rings is 2. The summed E-state index contributed by atoms with van der Waals surface area (Å²) in [6.45, 7) is 2.19. The molecular formula is C24H29Cl3N2O5. The lowest BCUT2D eigenvalue weighted by molar-refractivity contribution is -0.0116. The van der Waals surface area contributed by atoms with E-state index in [0.29, 0.717) is 35.8 Å². The van der Waals surface area contributed by atoms with Gasteiger partial charge in [-0.25, -0.2) is 0 Å². The van der Waals surface area contributed by atoms with Crippen LogP contribution in [0.1, 0.15) is 61.4 Å². The van der Waals surface area contributed by atoms with Gasteiger partial charge in [-0.3, -0.25) is 9.97 Å². The number of rotatable bonds is 9. The molecule has 2 aromatic heterocycles. The summed E-state index contributed by atoms with van der Waals surface area (Å²) in [4.78, 5) is 8.50. The summed E-state index contributed by atoms with van der Waals surface area (Å²) in [5, 5.41) is 11.7. The highest BCUT2D eigenvalue weighted by Gasteiger charge is 2.27. The van der Waals surface area contributed by atoms with Gasteiger partial charge in [0.1, 0.15) is 30.8 Å². The Balaban J connectivity index is 1.53. The molecule has 7 nitrogen and oxygen atoms in total. The molecule has 3 atom stereocenters. The SMILES string of the molecule is OC(c1ncc(OCC2CCCCO2)c(CCl)c1Cl)c1c(Cl)cncc1OCC1CCCCO1. The number of halogens is 3. The van der Waals surface area contributed by atoms with Crippen LogP contribution in [-0.4, -0.2) is 53.7 Å². The Bertz CT molecular complexity index is 952. The van der Waals surface area contributed by atoms with Gasteiger partial charge in [0.2, 0.25) is 0 Å². The van der Waals surface area contributed by atoms with Gasteiger partial charge in [-0.05, 0) is 38.5 Å². The van der Waals surface area contributed by atoms with Crippen molar-refractivity contribution in [3.05, 3.63) is 45.5 Å². The molecule has 0 saturated carbocycles. The number of alkyl halides is 1. The highest BCUT2D eigenvalue weighted by molar-refractivity contribution is 6.33. The van der Waals surface area contributed by atoms with Crippen molar-refractivity contribution in [2.45, 2.75) is 62.7 Å². The Morgan fingerprint density at radius 2 is 1.59 bits per heavy atom. The van der Waals surface area contributed by atoms with Crippen LogP contribution >= 0.6 is 34.8 Å². The Morgan fingerprint density at radius 1 is 0.941 bits per heavy atom. The summed E-state index contributed by atoms with van der Waals surface area (Å²) in [6.07, 6.45) is 9.47. The van der Waals surface area contributed by atoms with Gasteiger partial charge in [0.15, 0.2) is 0 Å². The summed E-state index contributed by atoms with van der Waals surface area (Å²) < 4.78 is 23.3. The summed E-state index contributed by atoms with van der Waals surface area (Å²) in [7, 11) is 0. The number of nitrogens with zero attached hydrogens (tertiary/aromatic N) is 2. The topological polar surface area (TPSA) is 82.9 Å². The van der Waals surface area contributed by atoms with Crippen LogP contribution < -0.4 is 9.47 Å². The number of aliphatic hydroxyl groups is 1. The zero-order valence-electron chi connectivity index (χ0n) is 18.9. The summed E-state index contributed by atoms with van der Waals surface area (Å²) in [5.41, 5.74) is 1.10. The van der Waals surface area contributed by atoms with Crippen LogP contribution in [0.15, 0.2) is 18.6 Å². The average molecular weight is 532 g/mol. The van der Waals surface area contributed by atoms with E-state index < -0.39 is 6.10 Å². The van der Waals surface area contributed by atoms with Gasteiger partial charge in [-0.15, -0.1) is 11.6 Å². The summed E-state index contributed by atoms with van der Waals surface area (Å²) >= 11 is 19.3. The van der Waals surface area contributed by atoms with Gasteiger partial charge < -0.3 is 24.1 Å². The molecular weight excluding hydrogens is 503 g/mol. The molecule has 2 fully saturated rings. The van der Waals surface area contributed by atoms with Crippen LogP contribution in [0.2, 0.25) is 10.0 Å². The Hall–Kier alpha value is -1.35. The molecule has 2 aromatic rings. The molecule has 0 spiro atoms. The van der Waals surface area contributed by atoms with E-state index in [9.17, 15) is 5.11 Å². The van der Waals surface area contributed by atoms with Crippen molar-refractivity contribution < 1.29 is 24.1 Å². The van der Waals surface area contributed by atoms with Crippen LogP contribution in [0.5, 0.6) is 11.5 Å². The van der Waals surface area contributed by atoms with E-state index in [4.69, 9.17) is 53.8 Å². The van der Waals surface area contributed by atoms with Crippen LogP contribution in [0, 0.1) is 0 Å². The first-order chi connectivity index (χ1) is 16.6. The van der Waals surface area contributed by atoms with Crippen molar-refractivity contribution in [2.24, 2.45) is 0 Å². The number of ether oxygens (including phenoxy) is 4. The first kappa shape index (κ1) is 25.7. The van der Waals surface area contributed by atoms with Gasteiger partial charge in [0, 0.05) is 25.0 Å². The van der Waals surface area contributed by atoms with Gasteiger partial charge in [-0.2, -0.15) is 0 Å². The van der Waals surface area contributed by atoms with E-state index in [1.54, 1.807) is 0 Å². The quantitative estimate of drug-likeness (QED) is 0.428. The van der Waals surface area contributed by atoms with Crippen LogP contribution in [0.25, 0.3) is 0 Å². The lowest BCUT2D eigenvalue weighted by Gasteiger charge is -2.25. The fraction of sp³-hybridized carbons (Fsp3) is 0.583. The van der Waals surface area contributed by atoms with E-state index >= 15 is 0 Å². The molecule has 4 rings (SSSR count). The Labute approximate surface area is 214 Å². The number of hydrogen-bond acceptors (Lipinski definition) is 7. The van der Waals surface area contributed by atoms with Crippen molar-refractivity contribution >= 4 is 34.8 Å². The molecule has 34 heavy (non-hydrogen) atoms. The second-order valence-corrected chi connectivity index (χ2v) is 9.52. The third-order valence-electron chi connectivity index (χ3n) is 6.07. The van der Waals surface area contributed by atoms with Crippen molar-refractivity contribution in [1.29, 1.82) is 0 Å². The van der Waals surface area contributed by atoms with Crippen LogP contribution in [0.3, 0.4) is 0 Å². The van der Waals surface area contributed by atoms with Gasteiger partial charge in [-0.1, -0.05) is 23.2 Å². The maximum Gasteiger partial charge on any atom is 0.145 e. The highest BCUT2D eigenvalue weighted by Crippen LogP contribution is 2.40. The maximum atomic E-state index is 11.2. The standard InChI is InChI=1S/C24H29Cl3N2O5/c25-9-17-19(33-13-15-5-1-3-7-31-15)12-29-23(22(17)27)24(30)21-18(26)10-28-11-20(21)34-14-16-6-2-4-8-32-16/h10-12,15-16,24,30H,1-9,13-14H2. The van der Waals surface area contributed by atoms with Gasteiger partial charge in [0.25, 0.3) is 0 Å². The molecule has 0 amide bonds. The smallest absolute Gasteiger partial charge is 0.145 e. The van der Waals surface area contributed by atoms with Gasteiger partial charge >= 0.3 is 0 Å². The average Bonchev–Trinajstić information content (AvgIpc) is 2.87. The van der Waals surface area contributed by atoms with Crippen molar-refractivity contribution in [3.63, 3.8) is 0 Å². The molecule has 4 heterocycles. The predicted octanol–water partition coefficient (Wildman–Crippen LogP) is 5.50. The lowest BCUT2D eigenvalue weighted by Crippen LogP contribution is -2.26. The van der Waals surface area contributed by atoms with Crippen LogP contribution in [-0.2, 0) is 15.4 Å². The number of aromatic nitrogens is 2. The lowest BCUT2D eigenvalue weighted by atomic mass is 10.0. The van der Waals surface area contributed by atoms with Gasteiger partial charge in [0.05, 0.1) is 51.8 Å². The second kappa shape index (κ2) is 12.6. The minimum absolute atomic E-state index is 0.00753. The Morgan fingerprint density at radius 3 is 2.18 bits per heavy atom. The third kappa shape index (κ3) is 6.25. The third-order valence-corrected chi connectivity index (χ3v) is 7.06. The fourth-order valence-electron chi connectivity index (χ4n) is 4.15. The monoisotopic (exact) mass is 530 g/mol. The number of hydrogen-bond donors (Lipinski definition) is 1. The van der Waals surface area contributed by atoms with Crippen molar-refractivity contribution in [2.75, 3.05) is 26.4 Å². The molecule has 3 unspecified atom stereocenters. The molecule has 0 aliphatic carbocycles. The summed E-state index contributed by atoms with van der Waals surface area (Å²) in [5.74, 6) is 0.917. The minimum atomic E-state index is -1.25. The largest absolute Gasteiger partial charge is 0.489 e. The van der Waals surface area contributed by atoms with Crippen LogP contribution in [0.4, 0.5) is 0 Å². The van der Waals surface area contributed by atoms with Crippen molar-refractivity contribution in [3.8, 4) is 11.5 Å². The van der Waals surface area contributed by atoms with E-state index in [1.807, 2.05) is 0 Å². The molecule has 0 radical (unpaired) electrons. The van der Waals surface area contributed by atoms with Crippen molar-refractivity contribution in [1.82, 2.24) is 9.97 Å². The molecule has 10 heteroatoms. The van der Waals surface area contributed by atoms with E-state index in [1.165, 1.54) is 18.6 Å². The molecule has 186 valence electrons. The molecule has 0 aromatic carbocycles. The molecule has 2 aliphatic heterocycles. The zero-order chi connectivity index (χ0) is 23.9. The summed E-state index contributed by atoms with van der Waals surface area (Å²) in [6, 6.07) is 0. The van der Waals surface area contributed by atoms with E-state index in [-0.39, 0.29) is 33.8 Å². The predicted molar refractivity (Wildman–Crippen MR) is 130 cm³/mol. The minimum Gasteiger partial charge on any atom is -0.489 e. The first-order valence-electron chi connectivity index (χ1n) is 11.6. The van der Waals surface area contributed by atoms with E-state index in [2.05, 4.69) is 9.97 Å². The molecule has 2 aliphatic rings. The fourth-order valence-corrected chi connectivity index (χ4v) is 5.05.